The molecular weight excluding hydrogens is 1120 g/mol. The second kappa shape index (κ2) is 30.5. The number of imidazole rings is 2. The maximum Gasteiger partial charge on any atom is 0.337 e. The molecule has 0 unspecified atom stereocenters. The first-order valence-electron chi connectivity index (χ1n) is 27.2. The summed E-state index contributed by atoms with van der Waals surface area (Å²) in [5, 5.41) is 27.7. The van der Waals surface area contributed by atoms with Gasteiger partial charge >= 0.3 is 11.9 Å². The lowest BCUT2D eigenvalue weighted by atomic mass is 10.1. The third-order valence-electron chi connectivity index (χ3n) is 13.4. The number of ether oxygens (including phenoxy) is 4. The summed E-state index contributed by atoms with van der Waals surface area (Å²) in [7, 11) is 3.16. The van der Waals surface area contributed by atoms with Gasteiger partial charge in [0.25, 0.3) is 6.47 Å². The summed E-state index contributed by atoms with van der Waals surface area (Å²) in [6.07, 6.45) is 1.64. The van der Waals surface area contributed by atoms with Crippen molar-refractivity contribution in [3.8, 4) is 40.0 Å². The van der Waals surface area contributed by atoms with Gasteiger partial charge in [-0.05, 0) is 89.7 Å². The highest BCUT2D eigenvalue weighted by atomic mass is 19.1. The lowest BCUT2D eigenvalue weighted by Gasteiger charge is -2.11. The second-order valence-electron chi connectivity index (χ2n) is 19.0. The van der Waals surface area contributed by atoms with Crippen molar-refractivity contribution in [1.29, 1.82) is 0 Å². The molecule has 0 spiro atoms. The van der Waals surface area contributed by atoms with Crippen LogP contribution in [0.1, 0.15) is 68.5 Å². The first kappa shape index (κ1) is 64.2. The number of carboxylic acids is 2. The topological polar surface area (TPSA) is 258 Å². The number of pyridine rings is 3. The Labute approximate surface area is 498 Å². The van der Waals surface area contributed by atoms with Crippen LogP contribution in [0.4, 0.5) is 13.2 Å². The highest BCUT2D eigenvalue weighted by Crippen LogP contribution is 2.32. The van der Waals surface area contributed by atoms with Crippen LogP contribution in [-0.2, 0) is 46.8 Å². The van der Waals surface area contributed by atoms with Crippen molar-refractivity contribution in [3.05, 3.63) is 226 Å². The molecule has 6 N–H and O–H groups in total. The zero-order chi connectivity index (χ0) is 61.3. The van der Waals surface area contributed by atoms with Gasteiger partial charge in [-0.15, -0.1) is 0 Å². The summed E-state index contributed by atoms with van der Waals surface area (Å²) in [6, 6.07) is 45.4. The van der Waals surface area contributed by atoms with E-state index in [2.05, 4.69) is 24.9 Å². The van der Waals surface area contributed by atoms with Gasteiger partial charge in [0.1, 0.15) is 41.5 Å². The van der Waals surface area contributed by atoms with Crippen LogP contribution in [-0.4, -0.2) is 95.2 Å². The number of aromatic nitrogens is 7. The van der Waals surface area contributed by atoms with Gasteiger partial charge in [-0.25, -0.2) is 47.7 Å². The van der Waals surface area contributed by atoms with Crippen molar-refractivity contribution >= 4 is 51.4 Å². The second-order valence-corrected chi connectivity index (χ2v) is 19.0. The standard InChI is InChI=1S/C33H26FN3O4.C30H26F2N4O4.C2H6.CH2O2.H3N/c1-40-17-16-37-29-19-24(33(38)39)14-15-28(29)35-31(37)20-22-12-13-23(18-26(22)34)27-9-5-11-32(36-27)41-30-10-4-7-21-6-2-3-8-25(21)30;1-18-6-7-21(23(31)12-18)17-40-28-5-3-4-25(34-28)20-9-8-19(24(32)13-20)15-27-35-29-26(36(27)10-11-39-2)14-22(16-33-29)30(37)38;1-2;2-1-3;/h2-15,18-19H,16-17,20H2,1H3,(H,38,39);3-9,12-14,16H,10-11,15,17H2,1-2H3,(H,37,38);1-2H3;1H,(H,2,3);1H3. The van der Waals surface area contributed by atoms with Crippen molar-refractivity contribution in [3.63, 3.8) is 0 Å². The van der Waals surface area contributed by atoms with E-state index in [-0.39, 0.29) is 54.8 Å². The number of halogens is 3. The zero-order valence-electron chi connectivity index (χ0n) is 48.3. The predicted molar refractivity (Wildman–Crippen MR) is 324 cm³/mol. The molecule has 0 radical (unpaired) electrons. The summed E-state index contributed by atoms with van der Waals surface area (Å²) in [5.74, 6) is -0.738. The number of hydrogen-bond donors (Lipinski definition) is 4. The number of nitrogens with zero attached hydrogens (tertiary/aromatic N) is 7. The van der Waals surface area contributed by atoms with Crippen LogP contribution in [0.15, 0.2) is 164 Å². The molecule has 0 amide bonds. The predicted octanol–water partition coefficient (Wildman–Crippen LogP) is 13.6. The molecule has 0 saturated carbocycles. The Hall–Kier alpha value is -10.4. The van der Waals surface area contributed by atoms with Gasteiger partial charge in [0.05, 0.1) is 52.3 Å². The highest BCUT2D eigenvalue weighted by molar-refractivity contribution is 5.93. The molecule has 6 aromatic carbocycles. The Bertz CT molecular complexity index is 4190. The van der Waals surface area contributed by atoms with Crippen LogP contribution in [0.5, 0.6) is 17.5 Å². The SMILES string of the molecule is CC.COCCn1c(Cc2ccc(-c3cccc(OCc4ccc(C)cc4F)n3)cc2F)nc2ncc(C(=O)O)cc21.COCCn1c(Cc2ccc(-c3cccc(Oc4cccc5ccccc45)n3)cc2F)nc2ccc(C(=O)O)cc21.N.O=CO. The molecule has 0 saturated heterocycles. The maximum absolute atomic E-state index is 15.5. The van der Waals surface area contributed by atoms with E-state index >= 15 is 8.78 Å². The van der Waals surface area contributed by atoms with Crippen molar-refractivity contribution in [2.24, 2.45) is 0 Å². The fourth-order valence-electron chi connectivity index (χ4n) is 9.26. The molecule has 87 heavy (non-hydrogen) atoms. The molecule has 448 valence electrons. The molecule has 5 heterocycles. The number of rotatable bonds is 19. The molecule has 0 atom stereocenters. The highest BCUT2D eigenvalue weighted by Gasteiger charge is 2.20. The molecule has 11 aromatic rings. The number of methoxy groups -OCH3 is 2. The number of fused-ring (bicyclic) bond motifs is 3. The summed E-state index contributed by atoms with van der Waals surface area (Å²) in [5.41, 5.74) is 6.79. The van der Waals surface area contributed by atoms with E-state index in [4.69, 9.17) is 28.8 Å². The normalized spacial score (nSPS) is 10.7. The van der Waals surface area contributed by atoms with Gasteiger partial charge in [0, 0.05) is 80.6 Å². The van der Waals surface area contributed by atoms with Crippen molar-refractivity contribution in [2.75, 3.05) is 27.4 Å². The number of carbonyl (C=O) groups is 3. The molecule has 0 bridgehead atoms. The third kappa shape index (κ3) is 15.9. The van der Waals surface area contributed by atoms with Crippen LogP contribution >= 0.6 is 0 Å². The summed E-state index contributed by atoms with van der Waals surface area (Å²) in [6.45, 7) is 7.20. The van der Waals surface area contributed by atoms with Crippen LogP contribution in [0.3, 0.4) is 0 Å². The Morgan fingerprint density at radius 2 is 1.13 bits per heavy atom. The molecule has 0 aliphatic rings. The van der Waals surface area contributed by atoms with Crippen molar-refractivity contribution in [1.82, 2.24) is 40.2 Å². The van der Waals surface area contributed by atoms with Crippen molar-refractivity contribution in [2.45, 2.75) is 53.3 Å². The monoisotopic (exact) mass is 1180 g/mol. The molecule has 0 aliphatic carbocycles. The fourth-order valence-corrected chi connectivity index (χ4v) is 9.26. The van der Waals surface area contributed by atoms with Gasteiger partial charge < -0.3 is 49.6 Å². The largest absolute Gasteiger partial charge is 0.483 e. The molecule has 5 aromatic heterocycles. The van der Waals surface area contributed by atoms with Crippen LogP contribution in [0, 0.1) is 24.4 Å². The van der Waals surface area contributed by atoms with Gasteiger partial charge in [-0.2, -0.15) is 0 Å². The molecule has 0 aliphatic heterocycles. The Kier molecular flexibility index (Phi) is 22.5. The lowest BCUT2D eigenvalue weighted by molar-refractivity contribution is -0.122. The molecule has 11 rings (SSSR count). The van der Waals surface area contributed by atoms with Gasteiger partial charge in [-0.1, -0.05) is 98.8 Å². The van der Waals surface area contributed by atoms with E-state index in [0.29, 0.717) is 117 Å². The lowest BCUT2D eigenvalue weighted by Crippen LogP contribution is -2.10. The molecule has 18 nitrogen and oxygen atoms in total. The first-order valence-corrected chi connectivity index (χ1v) is 27.2. The van der Waals surface area contributed by atoms with Crippen LogP contribution < -0.4 is 15.6 Å². The molecular formula is C66H63F3N8O10. The van der Waals surface area contributed by atoms with Gasteiger partial charge in [0.15, 0.2) is 5.65 Å². The number of aromatic carboxylic acids is 2. The average Bonchev–Trinajstić information content (AvgIpc) is 2.34. The number of benzene rings is 6. The van der Waals surface area contributed by atoms with Crippen molar-refractivity contribution < 1.29 is 61.8 Å². The number of hydrogen-bond acceptors (Lipinski definition) is 13. The Morgan fingerprint density at radius 1 is 0.586 bits per heavy atom. The van der Waals surface area contributed by atoms with Crippen LogP contribution in [0.25, 0.3) is 55.5 Å². The van der Waals surface area contributed by atoms with E-state index in [1.807, 2.05) is 92.1 Å². The quantitative estimate of drug-likeness (QED) is 0.0549. The van der Waals surface area contributed by atoms with E-state index < -0.39 is 17.8 Å². The summed E-state index contributed by atoms with van der Waals surface area (Å²) in [4.78, 5) is 53.8. The number of carboxylic acid groups (broad SMARTS) is 3. The van der Waals surface area contributed by atoms with E-state index in [0.717, 1.165) is 16.3 Å². The Morgan fingerprint density at radius 3 is 1.74 bits per heavy atom. The summed E-state index contributed by atoms with van der Waals surface area (Å²) < 4.78 is 70.9. The minimum atomic E-state index is -1.09. The average molecular weight is 1190 g/mol. The zero-order valence-corrected chi connectivity index (χ0v) is 48.3. The minimum absolute atomic E-state index is 0. The maximum atomic E-state index is 15.5. The van der Waals surface area contributed by atoms with E-state index in [1.165, 1.54) is 36.5 Å². The first-order chi connectivity index (χ1) is 41.7. The van der Waals surface area contributed by atoms with Gasteiger partial charge in [-0.3, -0.25) is 4.79 Å². The van der Waals surface area contributed by atoms with E-state index in [9.17, 15) is 24.2 Å². The fraction of sp³-hybridized carbons (Fsp3) is 0.182. The minimum Gasteiger partial charge on any atom is -0.483 e. The number of aryl methyl sites for hydroxylation is 1. The third-order valence-corrected chi connectivity index (χ3v) is 13.4. The smallest absolute Gasteiger partial charge is 0.337 e. The molecule has 0 fully saturated rings. The Balaban J connectivity index is 0.000000229. The van der Waals surface area contributed by atoms with Gasteiger partial charge in [0.2, 0.25) is 11.8 Å². The van der Waals surface area contributed by atoms with E-state index in [1.54, 1.807) is 79.5 Å². The molecule has 21 heteroatoms. The summed E-state index contributed by atoms with van der Waals surface area (Å²) >= 11 is 0. The van der Waals surface area contributed by atoms with Crippen LogP contribution in [0.2, 0.25) is 0 Å².